The minimum absolute atomic E-state index is 0.0143. The van der Waals surface area contributed by atoms with Crippen LogP contribution in [0.2, 0.25) is 0 Å². The Morgan fingerprint density at radius 2 is 2.05 bits per heavy atom. The summed E-state index contributed by atoms with van der Waals surface area (Å²) in [4.78, 5) is 26.1. The second kappa shape index (κ2) is 9.53. The molecule has 0 bridgehead atoms. The number of rotatable bonds is 9. The molecule has 1 amide bonds. The Hall–Kier alpha value is -1.36. The van der Waals surface area contributed by atoms with Gasteiger partial charge in [-0.25, -0.2) is 0 Å². The van der Waals surface area contributed by atoms with Crippen molar-refractivity contribution in [1.29, 1.82) is 0 Å². The highest BCUT2D eigenvalue weighted by Crippen LogP contribution is 2.13. The number of ether oxygens (including phenoxy) is 1. The van der Waals surface area contributed by atoms with Gasteiger partial charge in [0.15, 0.2) is 0 Å². The van der Waals surface area contributed by atoms with Crippen LogP contribution in [0.5, 0.6) is 0 Å². The Labute approximate surface area is 124 Å². The summed E-state index contributed by atoms with van der Waals surface area (Å²) in [5, 5.41) is 1.89. The van der Waals surface area contributed by atoms with Gasteiger partial charge in [-0.05, 0) is 17.9 Å². The molecule has 0 aliphatic rings. The predicted octanol–water partition coefficient (Wildman–Crippen LogP) is 3.33. The molecule has 0 atom stereocenters. The molecule has 0 radical (unpaired) electrons. The van der Waals surface area contributed by atoms with Crippen LogP contribution in [0.3, 0.4) is 0 Å². The van der Waals surface area contributed by atoms with Crippen LogP contribution in [0.15, 0.2) is 17.5 Å². The molecular formula is C15H23NO3S. The first-order valence-electron chi connectivity index (χ1n) is 7.08. The zero-order valence-corrected chi connectivity index (χ0v) is 13.1. The van der Waals surface area contributed by atoms with E-state index in [0.29, 0.717) is 13.1 Å². The molecule has 1 rings (SSSR count). The smallest absolute Gasteiger partial charge is 0.307 e. The van der Waals surface area contributed by atoms with Crippen molar-refractivity contribution < 1.29 is 14.3 Å². The third-order valence-electron chi connectivity index (χ3n) is 3.11. The molecule has 1 aromatic heterocycles. The van der Waals surface area contributed by atoms with Crippen LogP contribution in [-0.4, -0.2) is 37.0 Å². The summed E-state index contributed by atoms with van der Waals surface area (Å²) in [7, 11) is 1.37. The van der Waals surface area contributed by atoms with E-state index in [4.69, 9.17) is 0 Å². The zero-order chi connectivity index (χ0) is 14.8. The quantitative estimate of drug-likeness (QED) is 0.519. The van der Waals surface area contributed by atoms with Gasteiger partial charge in [-0.15, -0.1) is 11.3 Å². The molecular weight excluding hydrogens is 274 g/mol. The van der Waals surface area contributed by atoms with Gasteiger partial charge in [-0.2, -0.15) is 0 Å². The molecule has 0 saturated heterocycles. The van der Waals surface area contributed by atoms with Crippen molar-refractivity contribution in [3.8, 4) is 0 Å². The molecule has 0 fully saturated rings. The first kappa shape index (κ1) is 16.7. The average molecular weight is 297 g/mol. The van der Waals surface area contributed by atoms with Gasteiger partial charge in [-0.3, -0.25) is 9.59 Å². The number of esters is 1. The second-order valence-corrected chi connectivity index (χ2v) is 5.60. The summed E-state index contributed by atoms with van der Waals surface area (Å²) < 4.78 is 4.64. The normalized spacial score (nSPS) is 10.3. The van der Waals surface area contributed by atoms with Crippen LogP contribution in [0.25, 0.3) is 0 Å². The van der Waals surface area contributed by atoms with Crippen molar-refractivity contribution in [2.24, 2.45) is 0 Å². The SMILES string of the molecule is CCCCCCN(CCC(=O)OC)C(=O)c1cccs1. The van der Waals surface area contributed by atoms with E-state index in [1.165, 1.54) is 31.3 Å². The number of hydrogen-bond donors (Lipinski definition) is 0. The maximum Gasteiger partial charge on any atom is 0.307 e. The van der Waals surface area contributed by atoms with Gasteiger partial charge in [0.25, 0.3) is 5.91 Å². The van der Waals surface area contributed by atoms with E-state index in [2.05, 4.69) is 11.7 Å². The monoisotopic (exact) mass is 297 g/mol. The minimum Gasteiger partial charge on any atom is -0.469 e. The molecule has 0 spiro atoms. The number of methoxy groups -OCH3 is 1. The topological polar surface area (TPSA) is 46.6 Å². The Morgan fingerprint density at radius 1 is 1.25 bits per heavy atom. The van der Waals surface area contributed by atoms with Crippen LogP contribution in [-0.2, 0) is 9.53 Å². The van der Waals surface area contributed by atoms with Gasteiger partial charge in [0.2, 0.25) is 0 Å². The molecule has 4 nitrogen and oxygen atoms in total. The molecule has 112 valence electrons. The van der Waals surface area contributed by atoms with E-state index in [1.807, 2.05) is 17.5 Å². The Bertz CT molecular complexity index is 403. The summed E-state index contributed by atoms with van der Waals surface area (Å²) in [5.41, 5.74) is 0. The van der Waals surface area contributed by atoms with Crippen molar-refractivity contribution in [2.75, 3.05) is 20.2 Å². The molecule has 0 aromatic carbocycles. The maximum atomic E-state index is 12.4. The zero-order valence-electron chi connectivity index (χ0n) is 12.3. The van der Waals surface area contributed by atoms with Crippen LogP contribution in [0.1, 0.15) is 48.7 Å². The molecule has 0 aliphatic carbocycles. The lowest BCUT2D eigenvalue weighted by Crippen LogP contribution is -2.33. The molecule has 1 heterocycles. The largest absolute Gasteiger partial charge is 0.469 e. The fraction of sp³-hybridized carbons (Fsp3) is 0.600. The van der Waals surface area contributed by atoms with E-state index in [0.717, 1.165) is 17.7 Å². The lowest BCUT2D eigenvalue weighted by molar-refractivity contribution is -0.140. The van der Waals surface area contributed by atoms with E-state index in [-0.39, 0.29) is 18.3 Å². The highest BCUT2D eigenvalue weighted by atomic mass is 32.1. The highest BCUT2D eigenvalue weighted by Gasteiger charge is 2.17. The highest BCUT2D eigenvalue weighted by molar-refractivity contribution is 7.12. The summed E-state index contributed by atoms with van der Waals surface area (Å²) in [6.45, 7) is 3.29. The minimum atomic E-state index is -0.275. The average Bonchev–Trinajstić information content (AvgIpc) is 2.99. The van der Waals surface area contributed by atoms with Crippen LogP contribution < -0.4 is 0 Å². The molecule has 0 aliphatic heterocycles. The number of carbonyl (C=O) groups excluding carboxylic acids is 2. The van der Waals surface area contributed by atoms with Crippen molar-refractivity contribution in [3.63, 3.8) is 0 Å². The number of hydrogen-bond acceptors (Lipinski definition) is 4. The van der Waals surface area contributed by atoms with Crippen molar-refractivity contribution >= 4 is 23.2 Å². The standard InChI is InChI=1S/C15H23NO3S/c1-3-4-5-6-10-16(11-9-14(17)19-2)15(18)13-8-7-12-20-13/h7-8,12H,3-6,9-11H2,1-2H3. The first-order chi connectivity index (χ1) is 9.69. The first-order valence-corrected chi connectivity index (χ1v) is 7.96. The number of unbranched alkanes of at least 4 members (excludes halogenated alkanes) is 3. The molecule has 0 N–H and O–H groups in total. The molecule has 1 aromatic rings. The van der Waals surface area contributed by atoms with Gasteiger partial charge in [0.1, 0.15) is 0 Å². The lowest BCUT2D eigenvalue weighted by Gasteiger charge is -2.21. The third-order valence-corrected chi connectivity index (χ3v) is 3.97. The van der Waals surface area contributed by atoms with Gasteiger partial charge in [0.05, 0.1) is 18.4 Å². The number of amides is 1. The van der Waals surface area contributed by atoms with E-state index in [1.54, 1.807) is 4.90 Å². The van der Waals surface area contributed by atoms with Crippen molar-refractivity contribution in [3.05, 3.63) is 22.4 Å². The van der Waals surface area contributed by atoms with Crippen LogP contribution in [0.4, 0.5) is 0 Å². The number of nitrogens with zero attached hydrogens (tertiary/aromatic N) is 1. The van der Waals surface area contributed by atoms with Crippen molar-refractivity contribution in [1.82, 2.24) is 4.90 Å². The predicted molar refractivity (Wildman–Crippen MR) is 81.0 cm³/mol. The Morgan fingerprint density at radius 3 is 2.65 bits per heavy atom. The van der Waals surface area contributed by atoms with Crippen molar-refractivity contribution in [2.45, 2.75) is 39.0 Å². The van der Waals surface area contributed by atoms with Crippen LogP contribution >= 0.6 is 11.3 Å². The fourth-order valence-corrected chi connectivity index (χ4v) is 2.62. The Kier molecular flexibility index (Phi) is 7.95. The fourth-order valence-electron chi connectivity index (χ4n) is 1.93. The molecule has 0 unspecified atom stereocenters. The summed E-state index contributed by atoms with van der Waals surface area (Å²) in [6, 6.07) is 3.69. The van der Waals surface area contributed by atoms with E-state index in [9.17, 15) is 9.59 Å². The van der Waals surface area contributed by atoms with Gasteiger partial charge >= 0.3 is 5.97 Å². The van der Waals surface area contributed by atoms with E-state index >= 15 is 0 Å². The summed E-state index contributed by atoms with van der Waals surface area (Å²) in [6.07, 6.45) is 4.69. The number of carbonyl (C=O) groups is 2. The molecule has 0 saturated carbocycles. The second-order valence-electron chi connectivity index (χ2n) is 4.66. The van der Waals surface area contributed by atoms with Crippen LogP contribution in [0, 0.1) is 0 Å². The lowest BCUT2D eigenvalue weighted by atomic mass is 10.2. The molecule has 20 heavy (non-hydrogen) atoms. The summed E-state index contributed by atoms with van der Waals surface area (Å²) >= 11 is 1.44. The Balaban J connectivity index is 2.53. The molecule has 5 heteroatoms. The van der Waals surface area contributed by atoms with Gasteiger partial charge in [-0.1, -0.05) is 32.3 Å². The summed E-state index contributed by atoms with van der Waals surface area (Å²) in [5.74, 6) is -0.261. The maximum absolute atomic E-state index is 12.4. The number of thiophene rings is 1. The van der Waals surface area contributed by atoms with E-state index < -0.39 is 0 Å². The van der Waals surface area contributed by atoms with Gasteiger partial charge < -0.3 is 9.64 Å². The third kappa shape index (κ3) is 5.74. The van der Waals surface area contributed by atoms with Gasteiger partial charge in [0, 0.05) is 13.1 Å².